The normalized spacial score (nSPS) is 10.4. The molecule has 0 bridgehead atoms. The zero-order valence-electron chi connectivity index (χ0n) is 8.02. The Morgan fingerprint density at radius 1 is 1.31 bits per heavy atom. The van der Waals surface area contributed by atoms with Crippen molar-refractivity contribution in [3.63, 3.8) is 0 Å². The van der Waals surface area contributed by atoms with Crippen molar-refractivity contribution in [3.8, 4) is 5.69 Å². The van der Waals surface area contributed by atoms with Gasteiger partial charge in [-0.2, -0.15) is 0 Å². The lowest BCUT2D eigenvalue weighted by molar-refractivity contribution is 0.111. The summed E-state index contributed by atoms with van der Waals surface area (Å²) in [5.74, 6) is -1.63. The number of anilines is 1. The van der Waals surface area contributed by atoms with Gasteiger partial charge in [-0.1, -0.05) is 0 Å². The summed E-state index contributed by atoms with van der Waals surface area (Å²) in [6.45, 7) is 0. The molecule has 0 saturated carbocycles. The maximum Gasteiger partial charge on any atom is 0.170 e. The monoisotopic (exact) mass is 223 g/mol. The highest BCUT2D eigenvalue weighted by Crippen LogP contribution is 2.20. The van der Waals surface area contributed by atoms with Crippen LogP contribution in [0.2, 0.25) is 0 Å². The second kappa shape index (κ2) is 3.73. The summed E-state index contributed by atoms with van der Waals surface area (Å²) in [5, 5.41) is 0. The zero-order chi connectivity index (χ0) is 11.7. The minimum absolute atomic E-state index is 0.00511. The van der Waals surface area contributed by atoms with Gasteiger partial charge in [0.25, 0.3) is 0 Å². The zero-order valence-corrected chi connectivity index (χ0v) is 8.02. The van der Waals surface area contributed by atoms with Crippen LogP contribution in [-0.2, 0) is 0 Å². The molecule has 0 unspecified atom stereocenters. The van der Waals surface area contributed by atoms with E-state index in [0.717, 1.165) is 23.0 Å². The van der Waals surface area contributed by atoms with Crippen molar-refractivity contribution in [3.05, 3.63) is 42.0 Å². The molecule has 2 N–H and O–H groups in total. The van der Waals surface area contributed by atoms with Crippen LogP contribution in [0, 0.1) is 11.6 Å². The summed E-state index contributed by atoms with van der Waals surface area (Å²) < 4.78 is 28.0. The predicted octanol–water partition coefficient (Wildman–Crippen LogP) is 1.55. The third-order valence-electron chi connectivity index (χ3n) is 2.02. The number of hydrogen-bond acceptors (Lipinski definition) is 3. The average molecular weight is 223 g/mol. The number of imidazole rings is 1. The van der Waals surface area contributed by atoms with E-state index < -0.39 is 11.6 Å². The van der Waals surface area contributed by atoms with Crippen molar-refractivity contribution in [2.75, 3.05) is 5.73 Å². The van der Waals surface area contributed by atoms with Gasteiger partial charge in [-0.05, 0) is 12.1 Å². The first-order chi connectivity index (χ1) is 7.61. The van der Waals surface area contributed by atoms with Gasteiger partial charge in [0.1, 0.15) is 17.7 Å². The highest BCUT2D eigenvalue weighted by atomic mass is 19.1. The largest absolute Gasteiger partial charge is 0.399 e. The number of aromatic nitrogens is 2. The fraction of sp³-hybridized carbons (Fsp3) is 0. The molecule has 1 aromatic heterocycles. The third-order valence-corrected chi connectivity index (χ3v) is 2.02. The van der Waals surface area contributed by atoms with E-state index >= 15 is 0 Å². The van der Waals surface area contributed by atoms with Crippen molar-refractivity contribution in [1.29, 1.82) is 0 Å². The van der Waals surface area contributed by atoms with Crippen molar-refractivity contribution >= 4 is 12.0 Å². The molecule has 2 aromatic rings. The van der Waals surface area contributed by atoms with Gasteiger partial charge in [0, 0.05) is 11.9 Å². The Kier molecular flexibility index (Phi) is 2.40. The Morgan fingerprint density at radius 2 is 1.94 bits per heavy atom. The number of rotatable bonds is 2. The van der Waals surface area contributed by atoms with Crippen LogP contribution in [0.4, 0.5) is 14.5 Å². The summed E-state index contributed by atoms with van der Waals surface area (Å²) in [6, 6.07) is 2.00. The Bertz CT molecular complexity index is 528. The first-order valence-corrected chi connectivity index (χ1v) is 4.36. The minimum Gasteiger partial charge on any atom is -0.399 e. The van der Waals surface area contributed by atoms with Crippen LogP contribution >= 0.6 is 0 Å². The number of carbonyl (C=O) groups excluding carboxylic acids is 1. The summed E-state index contributed by atoms with van der Waals surface area (Å²) in [4.78, 5) is 14.0. The van der Waals surface area contributed by atoms with E-state index in [4.69, 9.17) is 5.73 Å². The van der Waals surface area contributed by atoms with Crippen LogP contribution in [-0.4, -0.2) is 15.8 Å². The molecule has 82 valence electrons. The number of nitrogens with zero attached hydrogens (tertiary/aromatic N) is 2. The predicted molar refractivity (Wildman–Crippen MR) is 53.3 cm³/mol. The highest BCUT2D eigenvalue weighted by molar-refractivity contribution is 5.71. The molecule has 1 heterocycles. The minimum atomic E-state index is -0.813. The molecule has 1 aromatic carbocycles. The molecule has 0 saturated heterocycles. The fourth-order valence-corrected chi connectivity index (χ4v) is 1.35. The van der Waals surface area contributed by atoms with Gasteiger partial charge < -0.3 is 10.3 Å². The molecule has 6 heteroatoms. The third kappa shape index (κ3) is 1.65. The molecule has 0 amide bonds. The number of benzene rings is 1. The van der Waals surface area contributed by atoms with E-state index in [-0.39, 0.29) is 17.1 Å². The molecule has 0 atom stereocenters. The van der Waals surface area contributed by atoms with Gasteiger partial charge in [0.15, 0.2) is 17.9 Å². The fourth-order valence-electron chi connectivity index (χ4n) is 1.35. The second-order valence-electron chi connectivity index (χ2n) is 3.16. The van der Waals surface area contributed by atoms with Gasteiger partial charge in [0.2, 0.25) is 0 Å². The van der Waals surface area contributed by atoms with Gasteiger partial charge in [0.05, 0.1) is 0 Å². The Hall–Kier alpha value is -2.24. The van der Waals surface area contributed by atoms with Gasteiger partial charge in [-0.15, -0.1) is 0 Å². The first-order valence-electron chi connectivity index (χ1n) is 4.36. The second-order valence-corrected chi connectivity index (χ2v) is 3.16. The summed E-state index contributed by atoms with van der Waals surface area (Å²) in [6.07, 6.45) is 2.87. The Morgan fingerprint density at radius 3 is 2.44 bits per heavy atom. The van der Waals surface area contributed by atoms with Crippen LogP contribution in [0.1, 0.15) is 10.5 Å². The lowest BCUT2D eigenvalue weighted by atomic mass is 10.2. The maximum absolute atomic E-state index is 13.5. The molecule has 0 radical (unpaired) electrons. The lowest BCUT2D eigenvalue weighted by Crippen LogP contribution is -2.01. The van der Waals surface area contributed by atoms with E-state index in [9.17, 15) is 13.6 Å². The maximum atomic E-state index is 13.5. The summed E-state index contributed by atoms with van der Waals surface area (Å²) >= 11 is 0. The highest BCUT2D eigenvalue weighted by Gasteiger charge is 2.12. The number of carbonyl (C=O) groups is 1. The number of nitrogen functional groups attached to an aromatic ring is 1. The number of hydrogen-bond donors (Lipinski definition) is 1. The van der Waals surface area contributed by atoms with Crippen LogP contribution in [0.15, 0.2) is 24.7 Å². The molecule has 16 heavy (non-hydrogen) atoms. The molecular weight excluding hydrogens is 216 g/mol. The number of aldehydes is 1. The van der Waals surface area contributed by atoms with E-state index in [1.165, 1.54) is 6.20 Å². The Labute approximate surface area is 89.3 Å². The van der Waals surface area contributed by atoms with Crippen LogP contribution < -0.4 is 5.73 Å². The number of halogens is 2. The van der Waals surface area contributed by atoms with E-state index in [1.807, 2.05) is 0 Å². The topological polar surface area (TPSA) is 60.9 Å². The summed E-state index contributed by atoms with van der Waals surface area (Å²) in [5.41, 5.74) is 5.05. The molecule has 2 rings (SSSR count). The molecule has 4 nitrogen and oxygen atoms in total. The molecule has 0 spiro atoms. The molecular formula is C10H7F2N3O. The van der Waals surface area contributed by atoms with Crippen molar-refractivity contribution in [1.82, 2.24) is 9.55 Å². The smallest absolute Gasteiger partial charge is 0.170 e. The van der Waals surface area contributed by atoms with Gasteiger partial charge in [-0.25, -0.2) is 13.8 Å². The average Bonchev–Trinajstić information content (AvgIpc) is 2.64. The molecule has 0 aliphatic rings. The van der Waals surface area contributed by atoms with E-state index in [2.05, 4.69) is 4.98 Å². The van der Waals surface area contributed by atoms with Crippen LogP contribution in [0.5, 0.6) is 0 Å². The van der Waals surface area contributed by atoms with Crippen LogP contribution in [0.25, 0.3) is 5.69 Å². The lowest BCUT2D eigenvalue weighted by Gasteiger charge is -2.06. The number of nitrogens with two attached hydrogens (primary N) is 1. The van der Waals surface area contributed by atoms with Gasteiger partial charge >= 0.3 is 0 Å². The first kappa shape index (κ1) is 10.3. The van der Waals surface area contributed by atoms with Gasteiger partial charge in [-0.3, -0.25) is 4.79 Å². The molecule has 0 aliphatic heterocycles. The Balaban J connectivity index is 2.59. The van der Waals surface area contributed by atoms with E-state index in [0.29, 0.717) is 6.29 Å². The van der Waals surface area contributed by atoms with Crippen molar-refractivity contribution < 1.29 is 13.6 Å². The van der Waals surface area contributed by atoms with Crippen LogP contribution in [0.3, 0.4) is 0 Å². The quantitative estimate of drug-likeness (QED) is 0.620. The molecule has 0 aliphatic carbocycles. The SMILES string of the molecule is Nc1cc(F)c(-n2cnc(C=O)c2)c(F)c1. The van der Waals surface area contributed by atoms with E-state index in [1.54, 1.807) is 0 Å². The molecule has 0 fully saturated rings. The van der Waals surface area contributed by atoms with Crippen molar-refractivity contribution in [2.45, 2.75) is 0 Å². The standard InChI is InChI=1S/C10H7F2N3O/c11-8-1-6(13)2-9(12)10(8)15-3-7(4-16)14-5-15/h1-5H,13H2. The summed E-state index contributed by atoms with van der Waals surface area (Å²) in [7, 11) is 0. The van der Waals surface area contributed by atoms with Crippen molar-refractivity contribution in [2.24, 2.45) is 0 Å².